The average Bonchev–Trinajstić information content (AvgIpc) is 2.58. The number of halogens is 1. The fraction of sp³-hybridized carbons (Fsp3) is 0.0909. The summed E-state index contributed by atoms with van der Waals surface area (Å²) in [5.41, 5.74) is 2.12. The number of nitrogens with zero attached hydrogens (tertiary/aromatic N) is 1. The summed E-state index contributed by atoms with van der Waals surface area (Å²) in [6, 6.07) is 6.73. The molecule has 1 aromatic carbocycles. The summed E-state index contributed by atoms with van der Waals surface area (Å²) >= 11 is 4.90. The van der Waals surface area contributed by atoms with Crippen LogP contribution in [0.2, 0.25) is 0 Å². The number of rotatable bonds is 2. The summed E-state index contributed by atoms with van der Waals surface area (Å²) in [4.78, 5) is 16.1. The van der Waals surface area contributed by atoms with Crippen molar-refractivity contribution in [3.8, 4) is 11.3 Å². The van der Waals surface area contributed by atoms with E-state index in [1.165, 1.54) is 0 Å². The molecule has 1 aromatic heterocycles. The minimum Gasteiger partial charge on any atom is -0.478 e. The minimum atomic E-state index is -0.914. The van der Waals surface area contributed by atoms with Crippen molar-refractivity contribution in [2.75, 3.05) is 0 Å². The molecule has 82 valence electrons. The van der Waals surface area contributed by atoms with Crippen LogP contribution in [0.4, 0.5) is 0 Å². The molecule has 0 bridgehead atoms. The number of hydrogen-bond donors (Lipinski definition) is 1. The van der Waals surface area contributed by atoms with Gasteiger partial charge in [0.2, 0.25) is 0 Å². The Labute approximate surface area is 105 Å². The number of benzene rings is 1. The number of carboxylic acid groups (broad SMARTS) is 1. The van der Waals surface area contributed by atoms with E-state index in [-0.39, 0.29) is 5.56 Å². The van der Waals surface area contributed by atoms with Gasteiger partial charge in [0, 0.05) is 10.4 Å². The second kappa shape index (κ2) is 4.35. The first-order valence-corrected chi connectivity index (χ1v) is 6.15. The molecular weight excluding hydrogens is 290 g/mol. The average molecular weight is 298 g/mol. The van der Waals surface area contributed by atoms with Gasteiger partial charge in [0.25, 0.3) is 0 Å². The number of carbonyl (C=O) groups is 1. The van der Waals surface area contributed by atoms with Gasteiger partial charge in [-0.1, -0.05) is 12.1 Å². The van der Waals surface area contributed by atoms with Crippen LogP contribution in [0.25, 0.3) is 11.3 Å². The smallest absolute Gasteiger partial charge is 0.335 e. The molecular formula is C11H8BrNO2S. The third-order valence-corrected chi connectivity index (χ3v) is 3.60. The van der Waals surface area contributed by atoms with Crippen molar-refractivity contribution in [2.24, 2.45) is 0 Å². The maximum absolute atomic E-state index is 10.7. The third-order valence-electron chi connectivity index (χ3n) is 2.18. The van der Waals surface area contributed by atoms with Gasteiger partial charge in [0.15, 0.2) is 3.92 Å². The van der Waals surface area contributed by atoms with E-state index in [0.29, 0.717) is 0 Å². The summed E-state index contributed by atoms with van der Waals surface area (Å²) in [5.74, 6) is -0.914. The van der Waals surface area contributed by atoms with Crippen LogP contribution in [-0.4, -0.2) is 16.1 Å². The second-order valence-electron chi connectivity index (χ2n) is 3.25. The SMILES string of the molecule is Cc1sc(Br)nc1-c1ccc(C(=O)O)cc1. The van der Waals surface area contributed by atoms with Crippen LogP contribution in [-0.2, 0) is 0 Å². The van der Waals surface area contributed by atoms with Crippen molar-refractivity contribution in [3.05, 3.63) is 38.6 Å². The Bertz CT molecular complexity index is 533. The van der Waals surface area contributed by atoms with Gasteiger partial charge in [0.05, 0.1) is 11.3 Å². The molecule has 0 fully saturated rings. The Morgan fingerprint density at radius 2 is 2.00 bits per heavy atom. The van der Waals surface area contributed by atoms with E-state index in [2.05, 4.69) is 20.9 Å². The monoisotopic (exact) mass is 297 g/mol. The lowest BCUT2D eigenvalue weighted by atomic mass is 10.1. The standard InChI is InChI=1S/C11H8BrNO2S/c1-6-9(13-11(12)16-6)7-2-4-8(5-3-7)10(14)15/h2-5H,1H3,(H,14,15). The van der Waals surface area contributed by atoms with E-state index in [1.807, 2.05) is 6.92 Å². The molecule has 2 aromatic rings. The zero-order chi connectivity index (χ0) is 11.7. The molecule has 1 N–H and O–H groups in total. The first kappa shape index (κ1) is 11.3. The summed E-state index contributed by atoms with van der Waals surface area (Å²) < 4.78 is 0.835. The van der Waals surface area contributed by atoms with Gasteiger partial charge >= 0.3 is 5.97 Å². The van der Waals surface area contributed by atoms with Crippen molar-refractivity contribution < 1.29 is 9.90 Å². The molecule has 0 amide bonds. The molecule has 3 nitrogen and oxygen atoms in total. The van der Waals surface area contributed by atoms with Crippen LogP contribution in [0, 0.1) is 6.92 Å². The van der Waals surface area contributed by atoms with Crippen molar-refractivity contribution in [3.63, 3.8) is 0 Å². The lowest BCUT2D eigenvalue weighted by molar-refractivity contribution is 0.0697. The molecule has 0 atom stereocenters. The van der Waals surface area contributed by atoms with Gasteiger partial charge < -0.3 is 5.11 Å². The molecule has 0 aliphatic rings. The van der Waals surface area contributed by atoms with Gasteiger partial charge in [-0.25, -0.2) is 9.78 Å². The van der Waals surface area contributed by atoms with Crippen LogP contribution in [0.1, 0.15) is 15.2 Å². The van der Waals surface area contributed by atoms with Crippen LogP contribution in [0.3, 0.4) is 0 Å². The lowest BCUT2D eigenvalue weighted by Crippen LogP contribution is -1.95. The van der Waals surface area contributed by atoms with Crippen LogP contribution >= 0.6 is 27.3 Å². The highest BCUT2D eigenvalue weighted by molar-refractivity contribution is 9.11. The Kier molecular flexibility index (Phi) is 3.07. The summed E-state index contributed by atoms with van der Waals surface area (Å²) in [6.07, 6.45) is 0. The highest BCUT2D eigenvalue weighted by Gasteiger charge is 2.09. The van der Waals surface area contributed by atoms with Gasteiger partial charge in [-0.2, -0.15) is 0 Å². The van der Waals surface area contributed by atoms with Gasteiger partial charge in [0.1, 0.15) is 0 Å². The Hall–Kier alpha value is -1.20. The maximum atomic E-state index is 10.7. The zero-order valence-electron chi connectivity index (χ0n) is 8.40. The number of carboxylic acids is 1. The molecule has 0 saturated carbocycles. The summed E-state index contributed by atoms with van der Waals surface area (Å²) in [7, 11) is 0. The fourth-order valence-corrected chi connectivity index (χ4v) is 2.96. The number of aryl methyl sites for hydroxylation is 1. The van der Waals surface area contributed by atoms with E-state index < -0.39 is 5.97 Å². The van der Waals surface area contributed by atoms with E-state index in [9.17, 15) is 4.79 Å². The first-order valence-electron chi connectivity index (χ1n) is 4.54. The van der Waals surface area contributed by atoms with Gasteiger partial charge in [-0.3, -0.25) is 0 Å². The Balaban J connectivity index is 2.42. The summed E-state index contributed by atoms with van der Waals surface area (Å²) in [6.45, 7) is 1.99. The molecule has 5 heteroatoms. The summed E-state index contributed by atoms with van der Waals surface area (Å²) in [5, 5.41) is 8.78. The van der Waals surface area contributed by atoms with Crippen LogP contribution in [0.5, 0.6) is 0 Å². The van der Waals surface area contributed by atoms with Crippen molar-refractivity contribution in [1.82, 2.24) is 4.98 Å². The number of hydrogen-bond acceptors (Lipinski definition) is 3. The number of aromatic carboxylic acids is 1. The van der Waals surface area contributed by atoms with Gasteiger partial charge in [-0.05, 0) is 35.0 Å². The van der Waals surface area contributed by atoms with Crippen molar-refractivity contribution >= 4 is 33.2 Å². The molecule has 16 heavy (non-hydrogen) atoms. The van der Waals surface area contributed by atoms with Crippen molar-refractivity contribution in [1.29, 1.82) is 0 Å². The highest BCUT2D eigenvalue weighted by Crippen LogP contribution is 2.30. The van der Waals surface area contributed by atoms with E-state index in [4.69, 9.17) is 5.11 Å². The third kappa shape index (κ3) is 2.15. The molecule has 0 aliphatic carbocycles. The van der Waals surface area contributed by atoms with Gasteiger partial charge in [-0.15, -0.1) is 11.3 Å². The fourth-order valence-electron chi connectivity index (χ4n) is 1.40. The Morgan fingerprint density at radius 1 is 1.38 bits per heavy atom. The predicted octanol–water partition coefficient (Wildman–Crippen LogP) is 3.58. The zero-order valence-corrected chi connectivity index (χ0v) is 10.8. The molecule has 0 radical (unpaired) electrons. The highest BCUT2D eigenvalue weighted by atomic mass is 79.9. The quantitative estimate of drug-likeness (QED) is 0.922. The molecule has 0 saturated heterocycles. The van der Waals surface area contributed by atoms with Crippen LogP contribution < -0.4 is 0 Å². The predicted molar refractivity (Wildman–Crippen MR) is 66.9 cm³/mol. The Morgan fingerprint density at radius 3 is 2.44 bits per heavy atom. The molecule has 1 heterocycles. The minimum absolute atomic E-state index is 0.288. The number of aromatic nitrogens is 1. The molecule has 2 rings (SSSR count). The van der Waals surface area contributed by atoms with E-state index in [1.54, 1.807) is 35.6 Å². The molecule has 0 aliphatic heterocycles. The molecule has 0 unspecified atom stereocenters. The maximum Gasteiger partial charge on any atom is 0.335 e. The van der Waals surface area contributed by atoms with E-state index in [0.717, 1.165) is 20.1 Å². The molecule has 0 spiro atoms. The normalized spacial score (nSPS) is 10.4. The number of thiazole rings is 1. The van der Waals surface area contributed by atoms with Crippen molar-refractivity contribution in [2.45, 2.75) is 6.92 Å². The second-order valence-corrected chi connectivity index (χ2v) is 5.73. The lowest BCUT2D eigenvalue weighted by Gasteiger charge is -1.99. The first-order chi connectivity index (χ1) is 7.58. The largest absolute Gasteiger partial charge is 0.478 e. The van der Waals surface area contributed by atoms with Crippen LogP contribution in [0.15, 0.2) is 28.2 Å². The topological polar surface area (TPSA) is 50.2 Å². The van der Waals surface area contributed by atoms with E-state index >= 15 is 0 Å².